The van der Waals surface area contributed by atoms with Crippen LogP contribution in [0.5, 0.6) is 17.2 Å². The van der Waals surface area contributed by atoms with Gasteiger partial charge in [-0.1, -0.05) is 24.9 Å². The lowest BCUT2D eigenvalue weighted by Gasteiger charge is -2.16. The zero-order valence-electron chi connectivity index (χ0n) is 17.2. The van der Waals surface area contributed by atoms with Crippen LogP contribution in [0.25, 0.3) is 0 Å². The Labute approximate surface area is 181 Å². The molecule has 30 heavy (non-hydrogen) atoms. The summed E-state index contributed by atoms with van der Waals surface area (Å²) in [5.41, 5.74) is 0.188. The van der Waals surface area contributed by atoms with E-state index in [1.54, 1.807) is 0 Å². The SMILES string of the molecule is CCCCOC(=O)c1ccc(OC)c(S(=O)(=O)Nc2cc(Cl)c(OC)cc2OC)c1. The van der Waals surface area contributed by atoms with Crippen molar-refractivity contribution >= 4 is 33.3 Å². The van der Waals surface area contributed by atoms with Gasteiger partial charge in [0.1, 0.15) is 22.1 Å². The largest absolute Gasteiger partial charge is 0.495 e. The van der Waals surface area contributed by atoms with Gasteiger partial charge in [-0.05, 0) is 30.7 Å². The van der Waals surface area contributed by atoms with Crippen molar-refractivity contribution in [3.8, 4) is 17.2 Å². The van der Waals surface area contributed by atoms with Gasteiger partial charge in [-0.25, -0.2) is 13.2 Å². The minimum absolute atomic E-state index is 0.0613. The van der Waals surface area contributed by atoms with E-state index >= 15 is 0 Å². The molecule has 2 rings (SSSR count). The van der Waals surface area contributed by atoms with Gasteiger partial charge in [0, 0.05) is 6.07 Å². The highest BCUT2D eigenvalue weighted by molar-refractivity contribution is 7.92. The Hall–Kier alpha value is -2.65. The smallest absolute Gasteiger partial charge is 0.338 e. The van der Waals surface area contributed by atoms with Crippen LogP contribution in [-0.4, -0.2) is 42.3 Å². The van der Waals surface area contributed by atoms with E-state index in [0.717, 1.165) is 6.42 Å². The topological polar surface area (TPSA) is 100 Å². The van der Waals surface area contributed by atoms with E-state index in [2.05, 4.69) is 4.72 Å². The van der Waals surface area contributed by atoms with E-state index in [0.29, 0.717) is 12.2 Å². The predicted octanol–water partition coefficient (Wildman–Crippen LogP) is 4.12. The molecule has 0 heterocycles. The average molecular weight is 458 g/mol. The molecule has 8 nitrogen and oxygen atoms in total. The lowest BCUT2D eigenvalue weighted by Crippen LogP contribution is -2.16. The van der Waals surface area contributed by atoms with Crippen molar-refractivity contribution in [2.24, 2.45) is 0 Å². The van der Waals surface area contributed by atoms with E-state index < -0.39 is 16.0 Å². The molecule has 0 aliphatic rings. The standard InChI is InChI=1S/C20H24ClNO7S/c1-5-6-9-29-20(23)13-7-8-16(26-2)19(10-13)30(24,25)22-15-11-14(21)17(27-3)12-18(15)28-4/h7-8,10-12,22H,5-6,9H2,1-4H3. The summed E-state index contributed by atoms with van der Waals surface area (Å²) in [5, 5.41) is 0.191. The number of carbonyl (C=O) groups is 1. The molecule has 164 valence electrons. The van der Waals surface area contributed by atoms with Gasteiger partial charge < -0.3 is 18.9 Å². The van der Waals surface area contributed by atoms with Crippen LogP contribution >= 0.6 is 11.6 Å². The maximum absolute atomic E-state index is 13.1. The molecular formula is C20H24ClNO7S. The first kappa shape index (κ1) is 23.6. The van der Waals surface area contributed by atoms with E-state index in [-0.39, 0.29) is 39.3 Å². The van der Waals surface area contributed by atoms with Gasteiger partial charge in [-0.2, -0.15) is 0 Å². The number of halogens is 1. The van der Waals surface area contributed by atoms with Crippen LogP contribution in [0.15, 0.2) is 35.2 Å². The zero-order chi connectivity index (χ0) is 22.3. The molecular weight excluding hydrogens is 434 g/mol. The molecule has 1 N–H and O–H groups in total. The molecule has 0 aliphatic carbocycles. The van der Waals surface area contributed by atoms with Gasteiger partial charge in [-0.15, -0.1) is 0 Å². The molecule has 0 radical (unpaired) electrons. The second kappa shape index (κ2) is 10.4. The zero-order valence-corrected chi connectivity index (χ0v) is 18.7. The van der Waals surface area contributed by atoms with Crippen LogP contribution < -0.4 is 18.9 Å². The van der Waals surface area contributed by atoms with Crippen LogP contribution in [-0.2, 0) is 14.8 Å². The Morgan fingerprint density at radius 3 is 2.27 bits per heavy atom. The minimum atomic E-state index is -4.17. The first-order valence-electron chi connectivity index (χ1n) is 9.06. The van der Waals surface area contributed by atoms with E-state index in [1.165, 1.54) is 51.7 Å². The van der Waals surface area contributed by atoms with Crippen LogP contribution in [0.1, 0.15) is 30.1 Å². The quantitative estimate of drug-likeness (QED) is 0.423. The van der Waals surface area contributed by atoms with E-state index in [4.69, 9.17) is 30.5 Å². The van der Waals surface area contributed by atoms with E-state index in [9.17, 15) is 13.2 Å². The summed E-state index contributed by atoms with van der Waals surface area (Å²) in [6.45, 7) is 2.22. The third-order valence-corrected chi connectivity index (χ3v) is 5.82. The summed E-state index contributed by atoms with van der Waals surface area (Å²) in [7, 11) is -0.0227. The van der Waals surface area contributed by atoms with Crippen molar-refractivity contribution in [2.75, 3.05) is 32.7 Å². The number of anilines is 1. The van der Waals surface area contributed by atoms with Crippen molar-refractivity contribution in [2.45, 2.75) is 24.7 Å². The van der Waals surface area contributed by atoms with Gasteiger partial charge >= 0.3 is 5.97 Å². The number of carbonyl (C=O) groups excluding carboxylic acids is 1. The second-order valence-corrected chi connectivity index (χ2v) is 8.21. The molecule has 0 saturated carbocycles. The Morgan fingerprint density at radius 2 is 1.67 bits per heavy atom. The van der Waals surface area contributed by atoms with Gasteiger partial charge in [0.25, 0.3) is 10.0 Å². The van der Waals surface area contributed by atoms with Gasteiger partial charge in [0.15, 0.2) is 0 Å². The lowest BCUT2D eigenvalue weighted by atomic mass is 10.2. The second-order valence-electron chi connectivity index (χ2n) is 6.15. The fourth-order valence-electron chi connectivity index (χ4n) is 2.55. The van der Waals surface area contributed by atoms with Crippen LogP contribution in [0.4, 0.5) is 5.69 Å². The Morgan fingerprint density at radius 1 is 1.00 bits per heavy atom. The summed E-state index contributed by atoms with van der Waals surface area (Å²) >= 11 is 6.12. The summed E-state index contributed by atoms with van der Waals surface area (Å²) in [4.78, 5) is 12.0. The molecule has 0 spiro atoms. The average Bonchev–Trinajstić information content (AvgIpc) is 2.73. The van der Waals surface area contributed by atoms with Crippen LogP contribution in [0.2, 0.25) is 5.02 Å². The number of hydrogen-bond acceptors (Lipinski definition) is 7. The number of hydrogen-bond donors (Lipinski definition) is 1. The minimum Gasteiger partial charge on any atom is -0.495 e. The first-order valence-corrected chi connectivity index (χ1v) is 10.9. The van der Waals surface area contributed by atoms with Crippen molar-refractivity contribution < 1.29 is 32.2 Å². The highest BCUT2D eigenvalue weighted by Crippen LogP contribution is 2.37. The number of esters is 1. The first-order chi connectivity index (χ1) is 14.3. The van der Waals surface area contributed by atoms with Gasteiger partial charge in [-0.3, -0.25) is 4.72 Å². The van der Waals surface area contributed by atoms with Crippen LogP contribution in [0, 0.1) is 0 Å². The molecule has 2 aromatic carbocycles. The third kappa shape index (κ3) is 5.48. The summed E-state index contributed by atoms with van der Waals surface area (Å²) < 4.78 is 49.2. The fraction of sp³-hybridized carbons (Fsp3) is 0.350. The number of rotatable bonds is 10. The maximum Gasteiger partial charge on any atom is 0.338 e. The fourth-order valence-corrected chi connectivity index (χ4v) is 4.04. The van der Waals surface area contributed by atoms with Crippen molar-refractivity contribution in [1.29, 1.82) is 0 Å². The molecule has 0 fully saturated rings. The Balaban J connectivity index is 2.43. The number of ether oxygens (including phenoxy) is 4. The molecule has 0 aromatic heterocycles. The molecule has 10 heteroatoms. The van der Waals surface area contributed by atoms with Gasteiger partial charge in [0.2, 0.25) is 0 Å². The highest BCUT2D eigenvalue weighted by atomic mass is 35.5. The molecule has 0 saturated heterocycles. The lowest BCUT2D eigenvalue weighted by molar-refractivity contribution is 0.0499. The number of methoxy groups -OCH3 is 3. The number of nitrogens with one attached hydrogen (secondary N) is 1. The normalized spacial score (nSPS) is 11.0. The number of sulfonamides is 1. The monoisotopic (exact) mass is 457 g/mol. The van der Waals surface area contributed by atoms with Crippen LogP contribution in [0.3, 0.4) is 0 Å². The molecule has 0 bridgehead atoms. The van der Waals surface area contributed by atoms with E-state index in [1.807, 2.05) is 6.92 Å². The molecule has 0 unspecified atom stereocenters. The van der Waals surface area contributed by atoms with Crippen molar-refractivity contribution in [3.05, 3.63) is 40.9 Å². The Bertz CT molecular complexity index is 1010. The Kier molecular flexibility index (Phi) is 8.19. The summed E-state index contributed by atoms with van der Waals surface area (Å²) in [6, 6.07) is 6.86. The molecule has 2 aromatic rings. The summed E-state index contributed by atoms with van der Waals surface area (Å²) in [6.07, 6.45) is 1.58. The number of unbranched alkanes of at least 4 members (excludes halogenated alkanes) is 1. The third-order valence-electron chi connectivity index (χ3n) is 4.14. The highest BCUT2D eigenvalue weighted by Gasteiger charge is 2.24. The predicted molar refractivity (Wildman–Crippen MR) is 114 cm³/mol. The molecule has 0 atom stereocenters. The number of benzene rings is 2. The van der Waals surface area contributed by atoms with Gasteiger partial charge in [0.05, 0.1) is 44.2 Å². The molecule has 0 amide bonds. The summed E-state index contributed by atoms with van der Waals surface area (Å²) in [5.74, 6) is -0.0291. The maximum atomic E-state index is 13.1. The molecule has 0 aliphatic heterocycles. The van der Waals surface area contributed by atoms with Crippen molar-refractivity contribution in [3.63, 3.8) is 0 Å². The van der Waals surface area contributed by atoms with Crippen molar-refractivity contribution in [1.82, 2.24) is 0 Å².